The van der Waals surface area contributed by atoms with Crippen LogP contribution in [0.2, 0.25) is 0 Å². The fourth-order valence-corrected chi connectivity index (χ4v) is 0. The molecule has 5 heteroatoms. The van der Waals surface area contributed by atoms with Gasteiger partial charge in [-0.2, -0.15) is 0 Å². The summed E-state index contributed by atoms with van der Waals surface area (Å²) in [7, 11) is 0.500. The van der Waals surface area contributed by atoms with E-state index in [1.165, 1.54) is 0 Å². The Morgan fingerprint density at radius 3 is 0.615 bits per heavy atom. The second-order valence-corrected chi connectivity index (χ2v) is 0. The summed E-state index contributed by atoms with van der Waals surface area (Å²) in [6.45, 7) is 4.00. The number of carbonyl (C=O) groups is 2. The zero-order valence-electron chi connectivity index (χ0n) is 4.76. The molecular formula is C8H27FO2Y2. The second-order valence-electron chi connectivity index (χ2n) is 0. The van der Waals surface area contributed by atoms with Crippen LogP contribution in [-0.4, -0.2) is 20.8 Å². The van der Waals surface area contributed by atoms with Crippen molar-refractivity contribution in [1.29, 1.82) is 0 Å². The molecule has 0 aromatic rings. The minimum absolute atomic E-state index is 0. The largest absolute Gasteiger partial charge is 0.307 e. The van der Waals surface area contributed by atoms with Gasteiger partial charge in [-0.15, -0.1) is 0 Å². The van der Waals surface area contributed by atoms with Gasteiger partial charge in [0.05, 0.1) is 7.18 Å². The molecule has 0 bridgehead atoms. The summed E-state index contributed by atoms with van der Waals surface area (Å²) in [6.07, 6.45) is 0. The molecule has 0 rings (SSSR count). The van der Waals surface area contributed by atoms with E-state index < -0.39 is 0 Å². The summed E-state index contributed by atoms with van der Waals surface area (Å²) in [4.78, 5) is 16.0. The molecule has 0 saturated carbocycles. The standard InChI is InChI=1S/CH3F.2CH2O.5CH4.2Y/c3*1-2;;;;;;;/h1H3;2*1H2;5*1H4;;. The van der Waals surface area contributed by atoms with Crippen molar-refractivity contribution in [3.63, 3.8) is 0 Å². The van der Waals surface area contributed by atoms with Crippen molar-refractivity contribution < 1.29 is 79.4 Å². The molecule has 84 valence electrons. The second kappa shape index (κ2) is 961. The van der Waals surface area contributed by atoms with Gasteiger partial charge >= 0.3 is 0 Å². The topological polar surface area (TPSA) is 34.1 Å². The Bertz CT molecular complexity index is 22.1. The maximum Gasteiger partial charge on any atom is 0.106 e. The van der Waals surface area contributed by atoms with Crippen molar-refractivity contribution in [1.82, 2.24) is 0 Å². The minimum Gasteiger partial charge on any atom is -0.307 e. The summed E-state index contributed by atoms with van der Waals surface area (Å²) in [5, 5.41) is 0. The van der Waals surface area contributed by atoms with Crippen LogP contribution in [0.25, 0.3) is 0 Å². The van der Waals surface area contributed by atoms with E-state index in [1.54, 1.807) is 0 Å². The third kappa shape index (κ3) is 813. The van der Waals surface area contributed by atoms with Crippen LogP contribution in [0.1, 0.15) is 37.1 Å². The first-order chi connectivity index (χ1) is 3.00. The third-order valence-electron chi connectivity index (χ3n) is 0. The van der Waals surface area contributed by atoms with Gasteiger partial charge in [0.25, 0.3) is 0 Å². The Hall–Kier alpha value is 1.48. The quantitative estimate of drug-likeness (QED) is 0.670. The van der Waals surface area contributed by atoms with Crippen LogP contribution in [0.3, 0.4) is 0 Å². The molecule has 13 heavy (non-hydrogen) atoms. The van der Waals surface area contributed by atoms with Crippen LogP contribution >= 0.6 is 0 Å². The molecule has 0 aliphatic heterocycles. The molecule has 0 aliphatic rings. The van der Waals surface area contributed by atoms with Crippen LogP contribution in [0.4, 0.5) is 4.39 Å². The molecule has 0 amide bonds. The first kappa shape index (κ1) is 131. The van der Waals surface area contributed by atoms with Crippen LogP contribution in [0.15, 0.2) is 0 Å². The Kier molecular flexibility index (Phi) is 9690. The van der Waals surface area contributed by atoms with Crippen molar-refractivity contribution in [2.24, 2.45) is 0 Å². The molecular weight excluding hydrogens is 325 g/mol. The summed E-state index contributed by atoms with van der Waals surface area (Å²) in [5.74, 6) is 0. The fraction of sp³-hybridized carbons (Fsp3) is 0.750. The zero-order chi connectivity index (χ0) is 6.00. The molecule has 2 nitrogen and oxygen atoms in total. The summed E-state index contributed by atoms with van der Waals surface area (Å²) < 4.78 is 9.50. The van der Waals surface area contributed by atoms with E-state index >= 15 is 0 Å². The van der Waals surface area contributed by atoms with Crippen LogP contribution in [0.5, 0.6) is 0 Å². The molecule has 0 unspecified atom stereocenters. The summed E-state index contributed by atoms with van der Waals surface area (Å²) in [6, 6.07) is 0. The first-order valence-corrected chi connectivity index (χ1v) is 0.955. The number of rotatable bonds is 0. The number of alkyl halides is 1. The van der Waals surface area contributed by atoms with Gasteiger partial charge < -0.3 is 9.59 Å². The van der Waals surface area contributed by atoms with Gasteiger partial charge in [-0.3, -0.25) is 4.39 Å². The molecule has 0 spiro atoms. The Morgan fingerprint density at radius 2 is 0.615 bits per heavy atom. The number of halogens is 1. The monoisotopic (exact) mass is 352 g/mol. The van der Waals surface area contributed by atoms with Gasteiger partial charge in [-0.1, -0.05) is 37.1 Å². The average Bonchev–Trinajstić information content (AvgIpc) is 1.81. The molecule has 2 radical (unpaired) electrons. The van der Waals surface area contributed by atoms with Crippen LogP contribution < -0.4 is 0 Å². The summed E-state index contributed by atoms with van der Waals surface area (Å²) in [5.41, 5.74) is 0. The molecule has 0 atom stereocenters. The van der Waals surface area contributed by atoms with E-state index in [9.17, 15) is 4.39 Å². The van der Waals surface area contributed by atoms with Gasteiger partial charge in [0.15, 0.2) is 0 Å². The van der Waals surface area contributed by atoms with E-state index in [0.717, 1.165) is 0 Å². The molecule has 0 aliphatic carbocycles. The van der Waals surface area contributed by atoms with Gasteiger partial charge in [0.2, 0.25) is 0 Å². The maximum atomic E-state index is 9.50. The van der Waals surface area contributed by atoms with Crippen molar-refractivity contribution >= 4 is 13.6 Å². The Morgan fingerprint density at radius 1 is 0.615 bits per heavy atom. The van der Waals surface area contributed by atoms with Gasteiger partial charge in [0.1, 0.15) is 13.6 Å². The van der Waals surface area contributed by atoms with Crippen molar-refractivity contribution in [3.05, 3.63) is 0 Å². The van der Waals surface area contributed by atoms with Crippen LogP contribution in [-0.2, 0) is 75.0 Å². The molecule has 0 aromatic carbocycles. The molecule has 0 aromatic heterocycles. The van der Waals surface area contributed by atoms with Gasteiger partial charge in [0, 0.05) is 65.4 Å². The first-order valence-electron chi connectivity index (χ1n) is 0.955. The van der Waals surface area contributed by atoms with E-state index in [0.29, 0.717) is 7.18 Å². The van der Waals surface area contributed by atoms with Crippen molar-refractivity contribution in [2.45, 2.75) is 37.1 Å². The SMILES string of the molecule is C.C.C.C.C.C=O.C=O.CF.[Y].[Y]. The summed E-state index contributed by atoms with van der Waals surface area (Å²) >= 11 is 0. The molecule has 0 saturated heterocycles. The maximum absolute atomic E-state index is 9.50. The van der Waals surface area contributed by atoms with Crippen molar-refractivity contribution in [3.8, 4) is 0 Å². The molecule has 0 N–H and O–H groups in total. The normalized spacial score (nSPS) is 1.08. The fourth-order valence-electron chi connectivity index (χ4n) is 0. The number of hydrogen-bond acceptors (Lipinski definition) is 2. The van der Waals surface area contributed by atoms with E-state index in [4.69, 9.17) is 9.59 Å². The van der Waals surface area contributed by atoms with Gasteiger partial charge in [-0.05, 0) is 0 Å². The zero-order valence-corrected chi connectivity index (χ0v) is 10.4. The predicted molar refractivity (Wildman–Crippen MR) is 54.9 cm³/mol. The smallest absolute Gasteiger partial charge is 0.106 e. The number of hydrogen-bond donors (Lipinski definition) is 0. The van der Waals surface area contributed by atoms with Crippen LogP contribution in [0, 0.1) is 0 Å². The van der Waals surface area contributed by atoms with Gasteiger partial charge in [-0.25, -0.2) is 0 Å². The van der Waals surface area contributed by atoms with E-state index in [2.05, 4.69) is 0 Å². The molecule has 0 fully saturated rings. The Labute approximate surface area is 136 Å². The van der Waals surface area contributed by atoms with Crippen molar-refractivity contribution in [2.75, 3.05) is 7.18 Å². The van der Waals surface area contributed by atoms with E-state index in [1.807, 2.05) is 13.6 Å². The minimum atomic E-state index is 0. The number of carbonyl (C=O) groups excluding carboxylic acids is 2. The predicted octanol–water partition coefficient (Wildman–Crippen LogP) is 3.39. The average molecular weight is 352 g/mol. The third-order valence-corrected chi connectivity index (χ3v) is 0. The molecule has 0 heterocycles. The van der Waals surface area contributed by atoms with E-state index in [-0.39, 0.29) is 103 Å². The Balaban J connectivity index is -0.00000000102.